The van der Waals surface area contributed by atoms with Gasteiger partial charge in [-0.2, -0.15) is 0 Å². The molecule has 3 aromatic rings. The highest BCUT2D eigenvalue weighted by molar-refractivity contribution is 6.36. The van der Waals surface area contributed by atoms with Crippen LogP contribution in [0.25, 0.3) is 0 Å². The van der Waals surface area contributed by atoms with Crippen molar-refractivity contribution in [2.24, 2.45) is 11.8 Å². The predicted octanol–water partition coefficient (Wildman–Crippen LogP) is 6.44. The molecule has 6 nitrogen and oxygen atoms in total. The summed E-state index contributed by atoms with van der Waals surface area (Å²) < 4.78 is 5.27. The monoisotopic (exact) mass is 596 g/mol. The van der Waals surface area contributed by atoms with Crippen molar-refractivity contribution in [1.29, 1.82) is 0 Å². The first-order chi connectivity index (χ1) is 19.2. The molecule has 4 aliphatic rings. The maximum atomic E-state index is 13.8. The molecule has 40 heavy (non-hydrogen) atoms. The summed E-state index contributed by atoms with van der Waals surface area (Å²) in [5.41, 5.74) is 3.67. The van der Waals surface area contributed by atoms with Gasteiger partial charge in [-0.1, -0.05) is 66.6 Å². The van der Waals surface area contributed by atoms with Crippen molar-refractivity contribution in [3.05, 3.63) is 94.0 Å². The van der Waals surface area contributed by atoms with Crippen LogP contribution in [0.15, 0.2) is 66.7 Å². The first-order valence-electron chi connectivity index (χ1n) is 13.3. The molecule has 0 aromatic heterocycles. The molecule has 0 saturated carbocycles. The zero-order valence-corrected chi connectivity index (χ0v) is 24.0. The molecular weight excluding hydrogens is 571 g/mol. The zero-order chi connectivity index (χ0) is 28.2. The normalized spacial score (nSPS) is 25.9. The number of alkyl halides is 2. The quantitative estimate of drug-likeness (QED) is 0.184. The van der Waals surface area contributed by atoms with E-state index in [0.717, 1.165) is 22.3 Å². The van der Waals surface area contributed by atoms with Crippen LogP contribution in [0.5, 0.6) is 5.75 Å². The van der Waals surface area contributed by atoms with Gasteiger partial charge in [0.1, 0.15) is 15.5 Å². The number of likely N-dealkylation sites (tertiary alicyclic amines) is 1. The number of carbonyl (C=O) groups is 3. The van der Waals surface area contributed by atoms with Crippen molar-refractivity contribution in [2.45, 2.75) is 35.4 Å². The maximum absolute atomic E-state index is 13.8. The Bertz CT molecular complexity index is 1420. The molecule has 9 heteroatoms. The summed E-state index contributed by atoms with van der Waals surface area (Å²) in [5, 5.41) is 3.32. The van der Waals surface area contributed by atoms with Crippen molar-refractivity contribution in [2.75, 3.05) is 19.0 Å². The Morgan fingerprint density at radius 1 is 0.850 bits per heavy atom. The fraction of sp³-hybridized carbons (Fsp3) is 0.323. The predicted molar refractivity (Wildman–Crippen MR) is 155 cm³/mol. The molecule has 1 heterocycles. The van der Waals surface area contributed by atoms with Gasteiger partial charge in [-0.15, -0.1) is 23.2 Å². The van der Waals surface area contributed by atoms with E-state index >= 15 is 0 Å². The fourth-order valence-corrected chi connectivity index (χ4v) is 7.94. The molecule has 206 valence electrons. The Labute approximate surface area is 247 Å². The van der Waals surface area contributed by atoms with Crippen molar-refractivity contribution in [3.63, 3.8) is 0 Å². The fourth-order valence-electron chi connectivity index (χ4n) is 6.67. The SMILES string of the molecule is COc1ccc(Cl)cc1NC(=O)CCCCCN1C(=O)[C@@H]2[C@@H](C1=O)C1(Cl)c3ccccc3C2(Cl)c2ccccc21. The minimum atomic E-state index is -1.17. The number of rotatable bonds is 8. The Morgan fingerprint density at radius 2 is 1.38 bits per heavy atom. The van der Waals surface area contributed by atoms with Crippen LogP contribution in [0.4, 0.5) is 5.69 Å². The molecule has 1 aliphatic heterocycles. The molecule has 1 N–H and O–H groups in total. The number of nitrogens with one attached hydrogen (secondary N) is 1. The van der Waals surface area contributed by atoms with E-state index in [1.165, 1.54) is 12.0 Å². The van der Waals surface area contributed by atoms with E-state index in [9.17, 15) is 14.4 Å². The maximum Gasteiger partial charge on any atom is 0.235 e. The summed E-state index contributed by atoms with van der Waals surface area (Å²) in [6.07, 6.45) is 2.09. The molecule has 2 atom stereocenters. The molecule has 1 saturated heterocycles. The highest BCUT2D eigenvalue weighted by Gasteiger charge is 2.72. The first-order valence-corrected chi connectivity index (χ1v) is 14.4. The van der Waals surface area contributed by atoms with E-state index in [1.807, 2.05) is 48.5 Å². The molecule has 3 aromatic carbocycles. The van der Waals surface area contributed by atoms with Crippen LogP contribution >= 0.6 is 34.8 Å². The smallest absolute Gasteiger partial charge is 0.235 e. The zero-order valence-electron chi connectivity index (χ0n) is 21.8. The third-order valence-corrected chi connectivity index (χ3v) is 9.92. The number of anilines is 1. The second kappa shape index (κ2) is 10.1. The van der Waals surface area contributed by atoms with Gasteiger partial charge in [0.2, 0.25) is 17.7 Å². The molecule has 2 bridgehead atoms. The molecule has 0 spiro atoms. The number of halogens is 3. The van der Waals surface area contributed by atoms with Crippen molar-refractivity contribution in [3.8, 4) is 5.75 Å². The Balaban J connectivity index is 1.15. The number of unbranched alkanes of at least 4 members (excludes halogenated alkanes) is 2. The number of ether oxygens (including phenoxy) is 1. The number of hydrogen-bond donors (Lipinski definition) is 1. The van der Waals surface area contributed by atoms with Gasteiger partial charge < -0.3 is 10.1 Å². The third kappa shape index (κ3) is 3.87. The van der Waals surface area contributed by atoms with Gasteiger partial charge >= 0.3 is 0 Å². The van der Waals surface area contributed by atoms with E-state index in [-0.39, 0.29) is 30.7 Å². The number of nitrogens with zero attached hydrogens (tertiary/aromatic N) is 1. The molecule has 0 unspecified atom stereocenters. The summed E-state index contributed by atoms with van der Waals surface area (Å²) >= 11 is 20.9. The second-order valence-electron chi connectivity index (χ2n) is 10.5. The minimum Gasteiger partial charge on any atom is -0.495 e. The van der Waals surface area contributed by atoms with Crippen LogP contribution in [-0.2, 0) is 24.1 Å². The van der Waals surface area contributed by atoms with Crippen LogP contribution in [0.2, 0.25) is 5.02 Å². The highest BCUT2D eigenvalue weighted by atomic mass is 35.5. The van der Waals surface area contributed by atoms with E-state index in [4.69, 9.17) is 39.5 Å². The van der Waals surface area contributed by atoms with Gasteiger partial charge in [0.05, 0.1) is 24.6 Å². The topological polar surface area (TPSA) is 75.7 Å². The molecular formula is C31H27Cl3N2O4. The van der Waals surface area contributed by atoms with Gasteiger partial charge in [0.15, 0.2) is 0 Å². The molecule has 3 aliphatic carbocycles. The summed E-state index contributed by atoms with van der Waals surface area (Å²) in [5.74, 6) is -1.79. The highest BCUT2D eigenvalue weighted by Crippen LogP contribution is 2.69. The average Bonchev–Trinajstić information content (AvgIpc) is 3.22. The number of carbonyl (C=O) groups excluding carboxylic acids is 3. The van der Waals surface area contributed by atoms with E-state index in [2.05, 4.69) is 5.32 Å². The lowest BCUT2D eigenvalue weighted by Gasteiger charge is -2.54. The van der Waals surface area contributed by atoms with Crippen LogP contribution < -0.4 is 10.1 Å². The van der Waals surface area contributed by atoms with E-state index < -0.39 is 21.6 Å². The third-order valence-electron chi connectivity index (χ3n) is 8.40. The van der Waals surface area contributed by atoms with Crippen molar-refractivity contribution in [1.82, 2.24) is 4.90 Å². The summed E-state index contributed by atoms with van der Waals surface area (Å²) in [6.45, 7) is 0.251. The lowest BCUT2D eigenvalue weighted by atomic mass is 9.54. The largest absolute Gasteiger partial charge is 0.495 e. The number of hydrogen-bond acceptors (Lipinski definition) is 4. The standard InChI is InChI=1S/C31H27Cl3N2O4/c1-40-24-15-14-18(32)17-23(24)35-25(37)13-3-2-8-16-36-28(38)26-27(29(36)39)31(34)20-10-5-4-9-19(20)30(26,33)21-11-6-7-12-22(21)31/h4-7,9-12,14-15,17,26-27H,2-3,8,13,16H2,1H3,(H,35,37)/t26-,27-,30?,31?/m0/s1. The van der Waals surface area contributed by atoms with Crippen LogP contribution in [0, 0.1) is 11.8 Å². The van der Waals surface area contributed by atoms with Crippen molar-refractivity contribution >= 4 is 58.2 Å². The lowest BCUT2D eigenvalue weighted by Crippen LogP contribution is -2.57. The first kappa shape index (κ1) is 27.1. The summed E-state index contributed by atoms with van der Waals surface area (Å²) in [4.78, 5) is 39.2. The summed E-state index contributed by atoms with van der Waals surface area (Å²) in [6, 6.07) is 20.2. The molecule has 3 amide bonds. The van der Waals surface area contributed by atoms with E-state index in [1.54, 1.807) is 18.2 Å². The molecule has 1 fully saturated rings. The van der Waals surface area contributed by atoms with Crippen LogP contribution in [0.3, 0.4) is 0 Å². The van der Waals surface area contributed by atoms with Gasteiger partial charge in [-0.05, 0) is 53.3 Å². The number of amides is 3. The van der Waals surface area contributed by atoms with Gasteiger partial charge in [0, 0.05) is 18.0 Å². The summed E-state index contributed by atoms with van der Waals surface area (Å²) in [7, 11) is 1.52. The van der Waals surface area contributed by atoms with Crippen molar-refractivity contribution < 1.29 is 19.1 Å². The molecule has 0 radical (unpaired) electrons. The van der Waals surface area contributed by atoms with Gasteiger partial charge in [-0.25, -0.2) is 0 Å². The van der Waals surface area contributed by atoms with Crippen LogP contribution in [-0.4, -0.2) is 36.3 Å². The van der Waals surface area contributed by atoms with Gasteiger partial charge in [0.25, 0.3) is 0 Å². The Kier molecular flexibility index (Phi) is 6.84. The second-order valence-corrected chi connectivity index (χ2v) is 12.1. The number of imide groups is 1. The number of methoxy groups -OCH3 is 1. The number of benzene rings is 3. The van der Waals surface area contributed by atoms with E-state index in [0.29, 0.717) is 35.7 Å². The average molecular weight is 598 g/mol. The lowest BCUT2D eigenvalue weighted by molar-refractivity contribution is -0.140. The van der Waals surface area contributed by atoms with Crippen LogP contribution in [0.1, 0.15) is 47.9 Å². The molecule has 7 rings (SSSR count). The minimum absolute atomic E-state index is 0.167. The Hall–Kier alpha value is -3.06. The Morgan fingerprint density at radius 3 is 1.88 bits per heavy atom. The van der Waals surface area contributed by atoms with Gasteiger partial charge in [-0.3, -0.25) is 19.3 Å².